The summed E-state index contributed by atoms with van der Waals surface area (Å²) in [5.41, 5.74) is 1.22. The molecule has 0 spiro atoms. The number of carbonyl (C=O) groups excluding carboxylic acids is 1. The van der Waals surface area contributed by atoms with Gasteiger partial charge in [0.15, 0.2) is 0 Å². The molecule has 0 unspecified atom stereocenters. The van der Waals surface area contributed by atoms with Crippen molar-refractivity contribution in [3.8, 4) is 0 Å². The molecule has 0 fully saturated rings. The highest BCUT2D eigenvalue weighted by Crippen LogP contribution is 2.20. The summed E-state index contributed by atoms with van der Waals surface area (Å²) in [6, 6.07) is 15.3. The third kappa shape index (κ3) is 3.82. The molecule has 2 amide bonds. The van der Waals surface area contributed by atoms with Crippen LogP contribution >= 0.6 is 0 Å². The average Bonchev–Trinajstić information content (AvgIpc) is 2.53. The normalized spacial score (nSPS) is 10.0. The Bertz CT molecular complexity index is 659. The highest BCUT2D eigenvalue weighted by Gasteiger charge is 2.18. The number of nitro groups is 1. The molecule has 0 aromatic heterocycles. The topological polar surface area (TPSA) is 75.5 Å². The van der Waals surface area contributed by atoms with Crippen molar-refractivity contribution in [3.05, 3.63) is 70.3 Å². The molecule has 0 atom stereocenters. The van der Waals surface area contributed by atoms with Gasteiger partial charge in [-0.1, -0.05) is 36.4 Å². The van der Waals surface area contributed by atoms with Crippen LogP contribution in [0.2, 0.25) is 0 Å². The summed E-state index contributed by atoms with van der Waals surface area (Å²) in [5.74, 6) is 0. The molecule has 0 aliphatic carbocycles. The number of nitrogens with one attached hydrogen (secondary N) is 1. The second-order valence-electron chi connectivity index (χ2n) is 4.70. The first-order valence-electron chi connectivity index (χ1n) is 6.95. The lowest BCUT2D eigenvalue weighted by Gasteiger charge is -2.21. The Morgan fingerprint density at radius 1 is 1.14 bits per heavy atom. The molecule has 0 saturated carbocycles. The van der Waals surface area contributed by atoms with Gasteiger partial charge in [0, 0.05) is 23.9 Å². The second kappa shape index (κ2) is 7.21. The highest BCUT2D eigenvalue weighted by molar-refractivity contribution is 5.89. The molecule has 2 rings (SSSR count). The number of nitro benzene ring substituents is 1. The Kier molecular flexibility index (Phi) is 5.08. The SMILES string of the molecule is CCN(Cc1ccccc1[N+](=O)[O-])C(=O)Nc1ccccc1. The molecule has 0 bridgehead atoms. The third-order valence-electron chi connectivity index (χ3n) is 3.24. The van der Waals surface area contributed by atoms with E-state index in [1.165, 1.54) is 11.0 Å². The maximum Gasteiger partial charge on any atom is 0.322 e. The summed E-state index contributed by atoms with van der Waals surface area (Å²) < 4.78 is 0. The lowest BCUT2D eigenvalue weighted by atomic mass is 10.1. The van der Waals surface area contributed by atoms with Crippen molar-refractivity contribution in [2.24, 2.45) is 0 Å². The number of nitrogens with zero attached hydrogens (tertiary/aromatic N) is 2. The van der Waals surface area contributed by atoms with E-state index in [0.717, 1.165) is 0 Å². The van der Waals surface area contributed by atoms with Gasteiger partial charge in [-0.2, -0.15) is 0 Å². The van der Waals surface area contributed by atoms with Crippen LogP contribution in [0, 0.1) is 10.1 Å². The fraction of sp³-hybridized carbons (Fsp3) is 0.188. The molecule has 6 heteroatoms. The van der Waals surface area contributed by atoms with Crippen molar-refractivity contribution in [1.29, 1.82) is 0 Å². The molecule has 2 aromatic rings. The predicted octanol–water partition coefficient (Wildman–Crippen LogP) is 3.65. The van der Waals surface area contributed by atoms with Crippen LogP contribution in [0.5, 0.6) is 0 Å². The number of carbonyl (C=O) groups is 1. The molecule has 6 nitrogen and oxygen atoms in total. The van der Waals surface area contributed by atoms with Gasteiger partial charge in [-0.05, 0) is 19.1 Å². The number of urea groups is 1. The van der Waals surface area contributed by atoms with E-state index in [0.29, 0.717) is 17.8 Å². The number of benzene rings is 2. The molecule has 114 valence electrons. The minimum Gasteiger partial charge on any atom is -0.320 e. The van der Waals surface area contributed by atoms with Crippen molar-refractivity contribution in [2.45, 2.75) is 13.5 Å². The van der Waals surface area contributed by atoms with Crippen LogP contribution in [-0.2, 0) is 6.54 Å². The van der Waals surface area contributed by atoms with E-state index >= 15 is 0 Å². The Morgan fingerprint density at radius 3 is 2.41 bits per heavy atom. The summed E-state index contributed by atoms with van der Waals surface area (Å²) >= 11 is 0. The van der Waals surface area contributed by atoms with Crippen LogP contribution < -0.4 is 5.32 Å². The number of hydrogen-bond acceptors (Lipinski definition) is 3. The Labute approximate surface area is 128 Å². The lowest BCUT2D eigenvalue weighted by Crippen LogP contribution is -2.34. The fourth-order valence-electron chi connectivity index (χ4n) is 2.08. The Hall–Kier alpha value is -2.89. The molecule has 0 heterocycles. The van der Waals surface area contributed by atoms with Gasteiger partial charge in [0.2, 0.25) is 0 Å². The zero-order chi connectivity index (χ0) is 15.9. The van der Waals surface area contributed by atoms with Crippen LogP contribution in [0.1, 0.15) is 12.5 Å². The van der Waals surface area contributed by atoms with Gasteiger partial charge in [0.05, 0.1) is 11.5 Å². The maximum absolute atomic E-state index is 12.3. The number of amides is 2. The summed E-state index contributed by atoms with van der Waals surface area (Å²) in [5, 5.41) is 13.8. The number of hydrogen-bond donors (Lipinski definition) is 1. The maximum atomic E-state index is 12.3. The molecular formula is C16H17N3O3. The Morgan fingerprint density at radius 2 is 1.77 bits per heavy atom. The zero-order valence-electron chi connectivity index (χ0n) is 12.2. The van der Waals surface area contributed by atoms with E-state index in [1.807, 2.05) is 25.1 Å². The van der Waals surface area contributed by atoms with E-state index < -0.39 is 4.92 Å². The van der Waals surface area contributed by atoms with Crippen molar-refractivity contribution in [2.75, 3.05) is 11.9 Å². The average molecular weight is 299 g/mol. The van der Waals surface area contributed by atoms with Gasteiger partial charge >= 0.3 is 6.03 Å². The van der Waals surface area contributed by atoms with E-state index in [9.17, 15) is 14.9 Å². The fourth-order valence-corrected chi connectivity index (χ4v) is 2.08. The van der Waals surface area contributed by atoms with Gasteiger partial charge < -0.3 is 10.2 Å². The molecule has 0 aliphatic rings. The number of rotatable bonds is 5. The predicted molar refractivity (Wildman–Crippen MR) is 84.6 cm³/mol. The van der Waals surface area contributed by atoms with Crippen molar-refractivity contribution in [3.63, 3.8) is 0 Å². The van der Waals surface area contributed by atoms with Crippen LogP contribution in [-0.4, -0.2) is 22.4 Å². The van der Waals surface area contributed by atoms with Crippen LogP contribution in [0.15, 0.2) is 54.6 Å². The van der Waals surface area contributed by atoms with E-state index in [1.54, 1.807) is 30.3 Å². The minimum absolute atomic E-state index is 0.0217. The van der Waals surface area contributed by atoms with Gasteiger partial charge in [0.25, 0.3) is 5.69 Å². The van der Waals surface area contributed by atoms with Crippen molar-refractivity contribution in [1.82, 2.24) is 4.90 Å². The van der Waals surface area contributed by atoms with Crippen LogP contribution in [0.25, 0.3) is 0 Å². The molecule has 1 N–H and O–H groups in total. The van der Waals surface area contributed by atoms with Crippen molar-refractivity contribution < 1.29 is 9.72 Å². The monoisotopic (exact) mass is 299 g/mol. The Balaban J connectivity index is 2.12. The molecular weight excluding hydrogens is 282 g/mol. The minimum atomic E-state index is -0.432. The lowest BCUT2D eigenvalue weighted by molar-refractivity contribution is -0.385. The van der Waals surface area contributed by atoms with E-state index in [4.69, 9.17) is 0 Å². The van der Waals surface area contributed by atoms with Gasteiger partial charge in [-0.15, -0.1) is 0 Å². The first kappa shape index (κ1) is 15.5. The molecule has 0 radical (unpaired) electrons. The number of anilines is 1. The van der Waals surface area contributed by atoms with Crippen LogP contribution in [0.3, 0.4) is 0 Å². The summed E-state index contributed by atoms with van der Waals surface area (Å²) in [6.07, 6.45) is 0. The summed E-state index contributed by atoms with van der Waals surface area (Å²) in [6.45, 7) is 2.47. The first-order valence-corrected chi connectivity index (χ1v) is 6.95. The third-order valence-corrected chi connectivity index (χ3v) is 3.24. The standard InChI is InChI=1S/C16H17N3O3/c1-2-18(16(20)17-14-9-4-3-5-10-14)12-13-8-6-7-11-15(13)19(21)22/h3-11H,2,12H2,1H3,(H,17,20). The second-order valence-corrected chi connectivity index (χ2v) is 4.70. The smallest absolute Gasteiger partial charge is 0.320 e. The molecule has 0 saturated heterocycles. The quantitative estimate of drug-likeness (QED) is 0.676. The highest BCUT2D eigenvalue weighted by atomic mass is 16.6. The van der Waals surface area contributed by atoms with Crippen LogP contribution in [0.4, 0.5) is 16.2 Å². The van der Waals surface area contributed by atoms with E-state index in [2.05, 4.69) is 5.32 Å². The van der Waals surface area contributed by atoms with Crippen molar-refractivity contribution >= 4 is 17.4 Å². The largest absolute Gasteiger partial charge is 0.322 e. The zero-order valence-corrected chi connectivity index (χ0v) is 12.2. The number of para-hydroxylation sites is 2. The van der Waals surface area contributed by atoms with Gasteiger partial charge in [-0.3, -0.25) is 10.1 Å². The molecule has 0 aliphatic heterocycles. The van der Waals surface area contributed by atoms with E-state index in [-0.39, 0.29) is 18.3 Å². The van der Waals surface area contributed by atoms with Gasteiger partial charge in [0.1, 0.15) is 0 Å². The molecule has 22 heavy (non-hydrogen) atoms. The summed E-state index contributed by atoms with van der Waals surface area (Å²) in [4.78, 5) is 24.4. The first-order chi connectivity index (χ1) is 10.6. The van der Waals surface area contributed by atoms with Gasteiger partial charge in [-0.25, -0.2) is 4.79 Å². The summed E-state index contributed by atoms with van der Waals surface area (Å²) in [7, 11) is 0. The molecule has 2 aromatic carbocycles.